The molecule has 10 heteroatoms. The normalized spacial score (nSPS) is 14.4. The van der Waals surface area contributed by atoms with Gasteiger partial charge in [0.15, 0.2) is 5.52 Å². The molecule has 5 rings (SSSR count). The first-order valence-electron chi connectivity index (χ1n) is 11.6. The van der Waals surface area contributed by atoms with Gasteiger partial charge in [0.25, 0.3) is 5.56 Å². The van der Waals surface area contributed by atoms with E-state index in [-0.39, 0.29) is 16.5 Å². The molecule has 1 aliphatic rings. The lowest BCUT2D eigenvalue weighted by Gasteiger charge is -2.26. The van der Waals surface area contributed by atoms with Crippen molar-refractivity contribution in [2.24, 2.45) is 0 Å². The second-order valence-electron chi connectivity index (χ2n) is 8.44. The SMILES string of the molecule is COc1ccc(Cn2nnc3c(=O)[nH]c4cc(OCCCN5CCOCC5)ccc4c(=O)c32)cc1. The molecule has 182 valence electrons. The first kappa shape index (κ1) is 23.0. The van der Waals surface area contributed by atoms with Crippen molar-refractivity contribution in [1.82, 2.24) is 24.9 Å². The van der Waals surface area contributed by atoms with Crippen LogP contribution in [0.15, 0.2) is 52.1 Å². The molecule has 0 spiro atoms. The number of H-pyrrole nitrogens is 1. The van der Waals surface area contributed by atoms with E-state index in [1.807, 2.05) is 24.3 Å². The third-order valence-corrected chi connectivity index (χ3v) is 6.13. The molecular weight excluding hydrogens is 450 g/mol. The molecule has 1 aliphatic heterocycles. The fraction of sp³-hybridized carbons (Fsp3) is 0.360. The molecule has 2 aromatic heterocycles. The van der Waals surface area contributed by atoms with Crippen molar-refractivity contribution in [3.8, 4) is 11.5 Å². The summed E-state index contributed by atoms with van der Waals surface area (Å²) in [6.45, 7) is 5.20. The lowest BCUT2D eigenvalue weighted by atomic mass is 10.2. The standard InChI is InChI=1S/C25H27N5O5/c1-33-18-5-3-17(4-6-18)16-30-23-22(27-28-30)25(32)26-21-15-19(7-8-20(21)24(23)31)35-12-2-9-29-10-13-34-14-11-29/h3-8,15H,2,9-14,16H2,1H3,(H,26,32). The fourth-order valence-electron chi connectivity index (χ4n) is 4.23. The van der Waals surface area contributed by atoms with E-state index in [0.717, 1.165) is 50.6 Å². The quantitative estimate of drug-likeness (QED) is 0.383. The summed E-state index contributed by atoms with van der Waals surface area (Å²) in [6, 6.07) is 12.5. The Morgan fingerprint density at radius 3 is 2.60 bits per heavy atom. The minimum Gasteiger partial charge on any atom is -0.497 e. The number of methoxy groups -OCH3 is 1. The highest BCUT2D eigenvalue weighted by Gasteiger charge is 2.15. The molecule has 35 heavy (non-hydrogen) atoms. The molecule has 2 aromatic carbocycles. The predicted octanol–water partition coefficient (Wildman–Crippen LogP) is 1.79. The van der Waals surface area contributed by atoms with Crippen LogP contribution in [-0.4, -0.2) is 71.4 Å². The second kappa shape index (κ2) is 10.2. The zero-order valence-electron chi connectivity index (χ0n) is 19.5. The van der Waals surface area contributed by atoms with Crippen LogP contribution in [0.5, 0.6) is 11.5 Å². The van der Waals surface area contributed by atoms with Crippen molar-refractivity contribution >= 4 is 21.9 Å². The van der Waals surface area contributed by atoms with Crippen molar-refractivity contribution in [3.63, 3.8) is 0 Å². The third-order valence-electron chi connectivity index (χ3n) is 6.13. The molecule has 0 saturated carbocycles. The molecule has 0 radical (unpaired) electrons. The van der Waals surface area contributed by atoms with E-state index in [4.69, 9.17) is 14.2 Å². The first-order chi connectivity index (χ1) is 17.1. The molecule has 1 saturated heterocycles. The summed E-state index contributed by atoms with van der Waals surface area (Å²) in [5.74, 6) is 1.33. The molecule has 0 bridgehead atoms. The Kier molecular flexibility index (Phi) is 6.73. The van der Waals surface area contributed by atoms with Gasteiger partial charge in [-0.15, -0.1) is 5.10 Å². The Labute approximate surface area is 201 Å². The van der Waals surface area contributed by atoms with Gasteiger partial charge in [-0.2, -0.15) is 0 Å². The van der Waals surface area contributed by atoms with Crippen LogP contribution in [-0.2, 0) is 11.3 Å². The summed E-state index contributed by atoms with van der Waals surface area (Å²) in [5.41, 5.74) is 0.684. The van der Waals surface area contributed by atoms with Gasteiger partial charge in [0.2, 0.25) is 5.43 Å². The zero-order valence-corrected chi connectivity index (χ0v) is 19.5. The molecule has 1 N–H and O–H groups in total. The first-order valence-corrected chi connectivity index (χ1v) is 11.6. The monoisotopic (exact) mass is 477 g/mol. The Bertz CT molecular complexity index is 1440. The van der Waals surface area contributed by atoms with Crippen molar-refractivity contribution in [2.45, 2.75) is 13.0 Å². The number of benzene rings is 2. The molecule has 0 unspecified atom stereocenters. The number of aromatic nitrogens is 4. The van der Waals surface area contributed by atoms with Crippen LogP contribution >= 0.6 is 0 Å². The van der Waals surface area contributed by atoms with Crippen molar-refractivity contribution in [3.05, 3.63) is 68.6 Å². The van der Waals surface area contributed by atoms with Gasteiger partial charge in [0.1, 0.15) is 17.0 Å². The van der Waals surface area contributed by atoms with Gasteiger partial charge >= 0.3 is 0 Å². The van der Waals surface area contributed by atoms with Gasteiger partial charge in [-0.25, -0.2) is 4.68 Å². The summed E-state index contributed by atoms with van der Waals surface area (Å²) in [6.07, 6.45) is 0.874. The van der Waals surface area contributed by atoms with Gasteiger partial charge < -0.3 is 19.2 Å². The minimum absolute atomic E-state index is 0.00712. The van der Waals surface area contributed by atoms with Crippen molar-refractivity contribution in [2.75, 3.05) is 46.6 Å². The van der Waals surface area contributed by atoms with Gasteiger partial charge in [0, 0.05) is 31.1 Å². The number of hydrogen-bond acceptors (Lipinski definition) is 8. The predicted molar refractivity (Wildman–Crippen MR) is 131 cm³/mol. The topological polar surface area (TPSA) is 112 Å². The zero-order chi connectivity index (χ0) is 24.2. The summed E-state index contributed by atoms with van der Waals surface area (Å²) in [4.78, 5) is 31.4. The highest BCUT2D eigenvalue weighted by Crippen LogP contribution is 2.18. The summed E-state index contributed by atoms with van der Waals surface area (Å²) < 4.78 is 17.9. The third kappa shape index (κ3) is 5.03. The van der Waals surface area contributed by atoms with E-state index >= 15 is 0 Å². The maximum Gasteiger partial charge on any atom is 0.278 e. The Morgan fingerprint density at radius 2 is 1.83 bits per heavy atom. The fourth-order valence-corrected chi connectivity index (χ4v) is 4.23. The Balaban J connectivity index is 1.39. The second-order valence-corrected chi connectivity index (χ2v) is 8.44. The molecule has 10 nitrogen and oxygen atoms in total. The molecule has 0 aliphatic carbocycles. The van der Waals surface area contributed by atoms with Crippen molar-refractivity contribution < 1.29 is 14.2 Å². The maximum atomic E-state index is 13.4. The summed E-state index contributed by atoms with van der Waals surface area (Å²) in [5, 5.41) is 8.44. The molecule has 3 heterocycles. The lowest BCUT2D eigenvalue weighted by Crippen LogP contribution is -2.37. The highest BCUT2D eigenvalue weighted by atomic mass is 16.5. The van der Waals surface area contributed by atoms with E-state index < -0.39 is 5.56 Å². The number of rotatable bonds is 8. The van der Waals surface area contributed by atoms with Gasteiger partial charge in [-0.1, -0.05) is 17.3 Å². The van der Waals surface area contributed by atoms with Crippen LogP contribution in [0.4, 0.5) is 0 Å². The van der Waals surface area contributed by atoms with Gasteiger partial charge in [-0.05, 0) is 36.2 Å². The largest absolute Gasteiger partial charge is 0.497 e. The average Bonchev–Trinajstić information content (AvgIpc) is 3.27. The summed E-state index contributed by atoms with van der Waals surface area (Å²) >= 11 is 0. The number of hydrogen-bond donors (Lipinski definition) is 1. The molecular formula is C25H27N5O5. The van der Waals surface area contributed by atoms with Crippen LogP contribution in [0.2, 0.25) is 0 Å². The number of morpholine rings is 1. The number of nitrogens with one attached hydrogen (secondary N) is 1. The molecule has 0 atom stereocenters. The van der Waals surface area contributed by atoms with Crippen LogP contribution in [0.25, 0.3) is 21.9 Å². The van der Waals surface area contributed by atoms with E-state index in [0.29, 0.717) is 29.8 Å². The maximum absolute atomic E-state index is 13.4. The number of aromatic amines is 1. The van der Waals surface area contributed by atoms with Crippen LogP contribution in [0, 0.1) is 0 Å². The van der Waals surface area contributed by atoms with Crippen LogP contribution < -0.4 is 20.5 Å². The average molecular weight is 478 g/mol. The molecule has 4 aromatic rings. The highest BCUT2D eigenvalue weighted by molar-refractivity contribution is 5.87. The number of fused-ring (bicyclic) bond motifs is 2. The minimum atomic E-state index is -0.474. The summed E-state index contributed by atoms with van der Waals surface area (Å²) in [7, 11) is 1.60. The van der Waals surface area contributed by atoms with E-state index in [1.165, 1.54) is 4.68 Å². The smallest absolute Gasteiger partial charge is 0.278 e. The molecule has 1 fully saturated rings. The van der Waals surface area contributed by atoms with Gasteiger partial charge in [0.05, 0.1) is 39.0 Å². The van der Waals surface area contributed by atoms with Crippen LogP contribution in [0.3, 0.4) is 0 Å². The number of ether oxygens (including phenoxy) is 3. The van der Waals surface area contributed by atoms with Crippen molar-refractivity contribution in [1.29, 1.82) is 0 Å². The molecule has 0 amide bonds. The van der Waals surface area contributed by atoms with Gasteiger partial charge in [-0.3, -0.25) is 14.5 Å². The van der Waals surface area contributed by atoms with Crippen LogP contribution in [0.1, 0.15) is 12.0 Å². The van der Waals surface area contributed by atoms with E-state index in [1.54, 1.807) is 25.3 Å². The Morgan fingerprint density at radius 1 is 1.06 bits per heavy atom. The number of nitrogens with zero attached hydrogens (tertiary/aromatic N) is 4. The van der Waals surface area contributed by atoms with E-state index in [9.17, 15) is 9.59 Å². The Hall–Kier alpha value is -3.76. The van der Waals surface area contributed by atoms with E-state index in [2.05, 4.69) is 20.2 Å². The lowest BCUT2D eigenvalue weighted by molar-refractivity contribution is 0.0358.